The fourth-order valence-corrected chi connectivity index (χ4v) is 2.49. The van der Waals surface area contributed by atoms with Crippen LogP contribution in [0.15, 0.2) is 29.4 Å². The SMILES string of the molecule is CCNC(=NCCOCCOC)NCCc1c[nH]c2cc(F)ccc12.I. The van der Waals surface area contributed by atoms with Crippen LogP contribution in [-0.2, 0) is 15.9 Å². The van der Waals surface area contributed by atoms with Gasteiger partial charge in [-0.3, -0.25) is 4.99 Å². The molecule has 1 heterocycles. The molecule has 0 spiro atoms. The first-order chi connectivity index (χ1) is 12.2. The van der Waals surface area contributed by atoms with E-state index in [1.807, 2.05) is 19.2 Å². The minimum atomic E-state index is -0.228. The van der Waals surface area contributed by atoms with Crippen molar-refractivity contribution in [1.29, 1.82) is 0 Å². The average molecular weight is 478 g/mol. The van der Waals surface area contributed by atoms with Gasteiger partial charge in [0.05, 0.1) is 26.4 Å². The zero-order valence-corrected chi connectivity index (χ0v) is 17.6. The van der Waals surface area contributed by atoms with Crippen molar-refractivity contribution in [3.8, 4) is 0 Å². The Morgan fingerprint density at radius 1 is 1.23 bits per heavy atom. The minimum absolute atomic E-state index is 0. The molecule has 2 rings (SSSR count). The normalized spacial score (nSPS) is 11.4. The third kappa shape index (κ3) is 7.46. The third-order valence-electron chi connectivity index (χ3n) is 3.70. The number of rotatable bonds is 10. The van der Waals surface area contributed by atoms with Crippen molar-refractivity contribution in [2.24, 2.45) is 4.99 Å². The van der Waals surface area contributed by atoms with E-state index in [0.29, 0.717) is 26.4 Å². The van der Waals surface area contributed by atoms with E-state index < -0.39 is 0 Å². The predicted molar refractivity (Wildman–Crippen MR) is 114 cm³/mol. The van der Waals surface area contributed by atoms with Gasteiger partial charge in [-0.15, -0.1) is 24.0 Å². The standard InChI is InChI=1S/C18H27FN4O2.HI/c1-3-20-18(22-8-9-25-11-10-24-2)21-7-6-14-13-23-17-12-15(19)4-5-16(14)17;/h4-5,12-13,23H,3,6-11H2,1-2H3,(H2,20,21,22);1H. The van der Waals surface area contributed by atoms with Crippen LogP contribution < -0.4 is 10.6 Å². The number of fused-ring (bicyclic) bond motifs is 1. The van der Waals surface area contributed by atoms with Gasteiger partial charge in [-0.05, 0) is 37.1 Å². The lowest BCUT2D eigenvalue weighted by Crippen LogP contribution is -2.38. The molecule has 0 saturated heterocycles. The Bertz CT molecular complexity index is 678. The van der Waals surface area contributed by atoms with Crippen LogP contribution in [0.5, 0.6) is 0 Å². The summed E-state index contributed by atoms with van der Waals surface area (Å²) in [6.45, 7) is 5.89. The topological polar surface area (TPSA) is 70.7 Å². The van der Waals surface area contributed by atoms with E-state index in [9.17, 15) is 4.39 Å². The van der Waals surface area contributed by atoms with Crippen molar-refractivity contribution in [1.82, 2.24) is 15.6 Å². The molecule has 0 saturated carbocycles. The number of guanidine groups is 1. The first-order valence-electron chi connectivity index (χ1n) is 8.59. The average Bonchev–Trinajstić information content (AvgIpc) is 3.00. The molecule has 0 atom stereocenters. The van der Waals surface area contributed by atoms with E-state index in [2.05, 4.69) is 20.6 Å². The predicted octanol–water partition coefficient (Wildman–Crippen LogP) is 2.69. The van der Waals surface area contributed by atoms with E-state index in [0.717, 1.165) is 41.9 Å². The molecular weight excluding hydrogens is 450 g/mol. The van der Waals surface area contributed by atoms with Gasteiger partial charge < -0.3 is 25.1 Å². The molecule has 0 fully saturated rings. The highest BCUT2D eigenvalue weighted by Crippen LogP contribution is 2.19. The zero-order chi connectivity index (χ0) is 17.9. The van der Waals surface area contributed by atoms with Gasteiger partial charge in [0.2, 0.25) is 0 Å². The summed E-state index contributed by atoms with van der Waals surface area (Å²) in [4.78, 5) is 7.59. The molecule has 146 valence electrons. The Morgan fingerprint density at radius 2 is 2.08 bits per heavy atom. The summed E-state index contributed by atoms with van der Waals surface area (Å²) in [6, 6.07) is 4.82. The molecule has 0 amide bonds. The number of hydrogen-bond acceptors (Lipinski definition) is 3. The number of aromatic nitrogens is 1. The van der Waals surface area contributed by atoms with Gasteiger partial charge in [0, 0.05) is 37.3 Å². The Morgan fingerprint density at radius 3 is 2.85 bits per heavy atom. The highest BCUT2D eigenvalue weighted by molar-refractivity contribution is 14.0. The molecule has 0 aliphatic carbocycles. The van der Waals surface area contributed by atoms with Crippen LogP contribution >= 0.6 is 24.0 Å². The smallest absolute Gasteiger partial charge is 0.191 e. The van der Waals surface area contributed by atoms with E-state index in [1.165, 1.54) is 12.1 Å². The Balaban J connectivity index is 0.00000338. The van der Waals surface area contributed by atoms with Gasteiger partial charge in [-0.1, -0.05) is 0 Å². The highest BCUT2D eigenvalue weighted by Gasteiger charge is 2.05. The van der Waals surface area contributed by atoms with Crippen molar-refractivity contribution in [2.75, 3.05) is 46.6 Å². The summed E-state index contributed by atoms with van der Waals surface area (Å²) in [5, 5.41) is 7.57. The Kier molecular flexibility index (Phi) is 11.2. The zero-order valence-electron chi connectivity index (χ0n) is 15.3. The second-order valence-corrected chi connectivity index (χ2v) is 5.55. The monoisotopic (exact) mass is 478 g/mol. The number of aliphatic imine (C=N–C) groups is 1. The lowest BCUT2D eigenvalue weighted by Gasteiger charge is -2.11. The minimum Gasteiger partial charge on any atom is -0.382 e. The number of H-pyrrole nitrogens is 1. The van der Waals surface area contributed by atoms with Gasteiger partial charge in [0.15, 0.2) is 5.96 Å². The molecule has 1 aromatic heterocycles. The van der Waals surface area contributed by atoms with Crippen molar-refractivity contribution >= 4 is 40.8 Å². The number of benzene rings is 1. The lowest BCUT2D eigenvalue weighted by molar-refractivity contribution is 0.0748. The van der Waals surface area contributed by atoms with Crippen molar-refractivity contribution in [3.05, 3.63) is 35.8 Å². The van der Waals surface area contributed by atoms with Crippen molar-refractivity contribution in [3.63, 3.8) is 0 Å². The molecule has 0 aliphatic heterocycles. The molecule has 0 aliphatic rings. The molecule has 2 aromatic rings. The maximum atomic E-state index is 13.2. The maximum absolute atomic E-state index is 13.2. The molecule has 6 nitrogen and oxygen atoms in total. The molecule has 1 aromatic carbocycles. The van der Waals surface area contributed by atoms with Crippen LogP contribution in [0.1, 0.15) is 12.5 Å². The van der Waals surface area contributed by atoms with E-state index >= 15 is 0 Å². The summed E-state index contributed by atoms with van der Waals surface area (Å²) in [7, 11) is 1.65. The number of halogens is 2. The highest BCUT2D eigenvalue weighted by atomic mass is 127. The lowest BCUT2D eigenvalue weighted by atomic mass is 10.1. The number of nitrogens with one attached hydrogen (secondary N) is 3. The summed E-state index contributed by atoms with van der Waals surface area (Å²) >= 11 is 0. The van der Waals surface area contributed by atoms with Crippen molar-refractivity contribution in [2.45, 2.75) is 13.3 Å². The third-order valence-corrected chi connectivity index (χ3v) is 3.70. The quantitative estimate of drug-likeness (QED) is 0.213. The second-order valence-electron chi connectivity index (χ2n) is 5.55. The van der Waals surface area contributed by atoms with E-state index in [1.54, 1.807) is 7.11 Å². The van der Waals surface area contributed by atoms with Gasteiger partial charge in [0.25, 0.3) is 0 Å². The van der Waals surface area contributed by atoms with E-state index in [-0.39, 0.29) is 29.8 Å². The first kappa shape index (κ1) is 22.7. The summed E-state index contributed by atoms with van der Waals surface area (Å²) in [6.07, 6.45) is 2.75. The van der Waals surface area contributed by atoms with Crippen LogP contribution in [0.3, 0.4) is 0 Å². The molecular formula is C18H28FIN4O2. The molecule has 0 unspecified atom stereocenters. The Labute approximate surface area is 171 Å². The first-order valence-corrected chi connectivity index (χ1v) is 8.59. The largest absolute Gasteiger partial charge is 0.382 e. The Hall–Kier alpha value is -1.39. The number of nitrogens with zero attached hydrogens (tertiary/aromatic N) is 1. The number of ether oxygens (including phenoxy) is 2. The van der Waals surface area contributed by atoms with Gasteiger partial charge in [0.1, 0.15) is 5.82 Å². The number of hydrogen-bond donors (Lipinski definition) is 3. The number of methoxy groups -OCH3 is 1. The summed E-state index contributed by atoms with van der Waals surface area (Å²) in [5.74, 6) is 0.539. The number of aromatic amines is 1. The fourth-order valence-electron chi connectivity index (χ4n) is 2.49. The van der Waals surface area contributed by atoms with Gasteiger partial charge in [-0.2, -0.15) is 0 Å². The van der Waals surface area contributed by atoms with Crippen LogP contribution in [0.4, 0.5) is 4.39 Å². The molecule has 26 heavy (non-hydrogen) atoms. The maximum Gasteiger partial charge on any atom is 0.191 e. The van der Waals surface area contributed by atoms with Crippen LogP contribution in [0, 0.1) is 5.82 Å². The fraction of sp³-hybridized carbons (Fsp3) is 0.500. The molecule has 3 N–H and O–H groups in total. The molecule has 0 bridgehead atoms. The van der Waals surface area contributed by atoms with Crippen LogP contribution in [0.2, 0.25) is 0 Å². The molecule has 8 heteroatoms. The second kappa shape index (κ2) is 12.9. The van der Waals surface area contributed by atoms with Gasteiger partial charge in [-0.25, -0.2) is 4.39 Å². The summed E-state index contributed by atoms with van der Waals surface area (Å²) < 4.78 is 23.6. The van der Waals surface area contributed by atoms with E-state index in [4.69, 9.17) is 9.47 Å². The molecule has 0 radical (unpaired) electrons. The summed E-state index contributed by atoms with van der Waals surface area (Å²) in [5.41, 5.74) is 1.98. The van der Waals surface area contributed by atoms with Crippen LogP contribution in [-0.4, -0.2) is 57.5 Å². The van der Waals surface area contributed by atoms with Gasteiger partial charge >= 0.3 is 0 Å². The van der Waals surface area contributed by atoms with Crippen molar-refractivity contribution < 1.29 is 13.9 Å². The van der Waals surface area contributed by atoms with Crippen LogP contribution in [0.25, 0.3) is 10.9 Å².